The van der Waals surface area contributed by atoms with Gasteiger partial charge in [-0.25, -0.2) is 18.7 Å². The zero-order chi connectivity index (χ0) is 25.4. The predicted octanol–water partition coefficient (Wildman–Crippen LogP) is 5.06. The van der Waals surface area contributed by atoms with E-state index in [0.717, 1.165) is 37.3 Å². The number of nitriles is 1. The number of hydrogen-bond acceptors (Lipinski definition) is 6. The zero-order valence-electron chi connectivity index (χ0n) is 20.3. The van der Waals surface area contributed by atoms with Gasteiger partial charge in [-0.1, -0.05) is 0 Å². The molecule has 2 aromatic heterocycles. The molecule has 0 radical (unpaired) electrons. The highest BCUT2D eigenvalue weighted by atomic mass is 19.1. The molecule has 0 amide bonds. The molecule has 2 saturated heterocycles. The van der Waals surface area contributed by atoms with Crippen molar-refractivity contribution >= 4 is 22.5 Å². The largest absolute Gasteiger partial charge is 0.378 e. The molecule has 0 spiro atoms. The van der Waals surface area contributed by atoms with Crippen LogP contribution in [0.1, 0.15) is 24.8 Å². The average molecular weight is 501 g/mol. The van der Waals surface area contributed by atoms with Gasteiger partial charge in [-0.15, -0.1) is 0 Å². The highest BCUT2D eigenvalue weighted by Crippen LogP contribution is 2.35. The predicted molar refractivity (Wildman–Crippen MR) is 138 cm³/mol. The SMILES string of the molecule is N#Cc1ccc(-c2nc3c(N4CCCCC4)ccnc3n2-c2ccc(N3CCOCC3)cc2F)cc1F. The first kappa shape index (κ1) is 23.4. The maximum Gasteiger partial charge on any atom is 0.167 e. The van der Waals surface area contributed by atoms with E-state index in [1.54, 1.807) is 22.9 Å². The summed E-state index contributed by atoms with van der Waals surface area (Å²) in [5.41, 5.74) is 3.52. The number of benzene rings is 2. The van der Waals surface area contributed by atoms with Gasteiger partial charge >= 0.3 is 0 Å². The third-order valence-corrected chi connectivity index (χ3v) is 7.12. The van der Waals surface area contributed by atoms with Crippen LogP contribution in [0.4, 0.5) is 20.2 Å². The van der Waals surface area contributed by atoms with Gasteiger partial charge in [0.05, 0.1) is 30.2 Å². The first-order valence-electron chi connectivity index (χ1n) is 12.6. The van der Waals surface area contributed by atoms with Gasteiger partial charge in [-0.05, 0) is 61.7 Å². The number of morpholine rings is 1. The maximum atomic E-state index is 15.8. The van der Waals surface area contributed by atoms with Gasteiger partial charge in [0.15, 0.2) is 5.65 Å². The summed E-state index contributed by atoms with van der Waals surface area (Å²) in [4.78, 5) is 13.9. The molecular formula is C28H26F2N6O. The minimum Gasteiger partial charge on any atom is -0.378 e. The van der Waals surface area contributed by atoms with E-state index in [0.29, 0.717) is 48.9 Å². The Morgan fingerprint density at radius 3 is 2.38 bits per heavy atom. The number of anilines is 2. The van der Waals surface area contributed by atoms with Gasteiger partial charge in [0.1, 0.15) is 29.0 Å². The van der Waals surface area contributed by atoms with Gasteiger partial charge in [-0.2, -0.15) is 5.26 Å². The molecule has 0 N–H and O–H groups in total. The van der Waals surface area contributed by atoms with Crippen molar-refractivity contribution in [1.29, 1.82) is 5.26 Å². The summed E-state index contributed by atoms with van der Waals surface area (Å²) >= 11 is 0. The first-order valence-corrected chi connectivity index (χ1v) is 12.6. The first-order chi connectivity index (χ1) is 18.1. The quantitative estimate of drug-likeness (QED) is 0.390. The molecule has 9 heteroatoms. The molecule has 0 bridgehead atoms. The second kappa shape index (κ2) is 9.79. The molecule has 7 nitrogen and oxygen atoms in total. The van der Waals surface area contributed by atoms with E-state index in [4.69, 9.17) is 9.72 Å². The van der Waals surface area contributed by atoms with Crippen molar-refractivity contribution < 1.29 is 13.5 Å². The number of imidazole rings is 1. The molecule has 4 aromatic rings. The van der Waals surface area contributed by atoms with Crippen LogP contribution in [0.5, 0.6) is 0 Å². The van der Waals surface area contributed by atoms with Crippen molar-refractivity contribution in [3.05, 3.63) is 65.9 Å². The number of piperidine rings is 1. The summed E-state index contributed by atoms with van der Waals surface area (Å²) in [6.07, 6.45) is 5.09. The summed E-state index contributed by atoms with van der Waals surface area (Å²) in [6.45, 7) is 4.43. The smallest absolute Gasteiger partial charge is 0.167 e. The Kier molecular flexibility index (Phi) is 6.18. The van der Waals surface area contributed by atoms with E-state index in [9.17, 15) is 9.65 Å². The van der Waals surface area contributed by atoms with Crippen molar-refractivity contribution in [3.8, 4) is 23.1 Å². The lowest BCUT2D eigenvalue weighted by atomic mass is 10.1. The highest BCUT2D eigenvalue weighted by Gasteiger charge is 2.24. The van der Waals surface area contributed by atoms with Gasteiger partial charge < -0.3 is 14.5 Å². The van der Waals surface area contributed by atoms with Gasteiger partial charge in [-0.3, -0.25) is 4.57 Å². The second-order valence-electron chi connectivity index (χ2n) is 9.36. The van der Waals surface area contributed by atoms with Crippen LogP contribution >= 0.6 is 0 Å². The van der Waals surface area contributed by atoms with E-state index < -0.39 is 11.6 Å². The zero-order valence-corrected chi connectivity index (χ0v) is 20.3. The maximum absolute atomic E-state index is 15.8. The molecule has 0 saturated carbocycles. The lowest BCUT2D eigenvalue weighted by Crippen LogP contribution is -2.36. The number of aromatic nitrogens is 3. The second-order valence-corrected chi connectivity index (χ2v) is 9.36. The van der Waals surface area contributed by atoms with Gasteiger partial charge in [0.25, 0.3) is 0 Å². The van der Waals surface area contributed by atoms with Crippen molar-refractivity contribution in [3.63, 3.8) is 0 Å². The van der Waals surface area contributed by atoms with Crippen LogP contribution in [-0.2, 0) is 4.74 Å². The number of hydrogen-bond donors (Lipinski definition) is 0. The van der Waals surface area contributed by atoms with Crippen LogP contribution < -0.4 is 9.80 Å². The molecule has 0 aliphatic carbocycles. The summed E-state index contributed by atoms with van der Waals surface area (Å²) in [5.74, 6) is -0.705. The van der Waals surface area contributed by atoms with E-state index in [1.165, 1.54) is 24.6 Å². The molecule has 37 heavy (non-hydrogen) atoms. The highest BCUT2D eigenvalue weighted by molar-refractivity contribution is 5.90. The normalized spacial score (nSPS) is 16.2. The van der Waals surface area contributed by atoms with Crippen LogP contribution in [0.25, 0.3) is 28.2 Å². The minimum atomic E-state index is -0.647. The minimum absolute atomic E-state index is 0.0559. The lowest BCUT2D eigenvalue weighted by Gasteiger charge is -2.29. The molecular weight excluding hydrogens is 474 g/mol. The number of ether oxygens (including phenoxy) is 1. The Labute approximate surface area is 213 Å². The number of halogens is 2. The molecule has 4 heterocycles. The molecule has 0 atom stereocenters. The molecule has 2 aliphatic heterocycles. The summed E-state index contributed by atoms with van der Waals surface area (Å²) in [6, 6.07) is 13.2. The molecule has 2 fully saturated rings. The van der Waals surface area contributed by atoms with Crippen molar-refractivity contribution in [1.82, 2.24) is 14.5 Å². The van der Waals surface area contributed by atoms with Crippen molar-refractivity contribution in [2.75, 3.05) is 49.2 Å². The average Bonchev–Trinajstić information content (AvgIpc) is 3.33. The Balaban J connectivity index is 1.54. The molecule has 188 valence electrons. The number of pyridine rings is 1. The Bertz CT molecular complexity index is 1500. The number of nitrogens with zero attached hydrogens (tertiary/aromatic N) is 6. The molecule has 0 unspecified atom stereocenters. The van der Waals surface area contributed by atoms with Crippen LogP contribution in [0.2, 0.25) is 0 Å². The molecule has 2 aliphatic rings. The summed E-state index contributed by atoms with van der Waals surface area (Å²) in [5, 5.41) is 9.19. The topological polar surface area (TPSA) is 70.2 Å². The monoisotopic (exact) mass is 500 g/mol. The fourth-order valence-corrected chi connectivity index (χ4v) is 5.21. The van der Waals surface area contributed by atoms with Crippen LogP contribution in [-0.4, -0.2) is 53.9 Å². The van der Waals surface area contributed by atoms with Gasteiger partial charge in [0, 0.05) is 43.6 Å². The summed E-state index contributed by atoms with van der Waals surface area (Å²) in [7, 11) is 0. The Morgan fingerprint density at radius 2 is 1.65 bits per heavy atom. The fourth-order valence-electron chi connectivity index (χ4n) is 5.21. The van der Waals surface area contributed by atoms with Crippen molar-refractivity contribution in [2.45, 2.75) is 19.3 Å². The van der Waals surface area contributed by atoms with Crippen LogP contribution in [0, 0.1) is 23.0 Å². The summed E-state index contributed by atoms with van der Waals surface area (Å²) < 4.78 is 37.5. The van der Waals surface area contributed by atoms with E-state index in [2.05, 4.69) is 14.8 Å². The van der Waals surface area contributed by atoms with Crippen molar-refractivity contribution in [2.24, 2.45) is 0 Å². The molecule has 6 rings (SSSR count). The standard InChI is InChI=1S/C28H26F2N6O/c29-22-16-19(4-5-20(22)18-31)27-33-26-25(35-10-2-1-3-11-35)8-9-32-28(26)36(27)24-7-6-21(17-23(24)30)34-12-14-37-15-13-34/h4-9,16-17H,1-3,10-15H2. The van der Waals surface area contributed by atoms with E-state index in [-0.39, 0.29) is 11.3 Å². The molecule has 2 aromatic carbocycles. The third kappa shape index (κ3) is 4.27. The van der Waals surface area contributed by atoms with Crippen LogP contribution in [0.3, 0.4) is 0 Å². The van der Waals surface area contributed by atoms with Crippen LogP contribution in [0.15, 0.2) is 48.7 Å². The van der Waals surface area contributed by atoms with E-state index in [1.807, 2.05) is 18.2 Å². The number of fused-ring (bicyclic) bond motifs is 1. The fraction of sp³-hybridized carbons (Fsp3) is 0.321. The lowest BCUT2D eigenvalue weighted by molar-refractivity contribution is 0.122. The Hall–Kier alpha value is -4.03. The number of rotatable bonds is 4. The van der Waals surface area contributed by atoms with Gasteiger partial charge in [0.2, 0.25) is 0 Å². The Morgan fingerprint density at radius 1 is 0.838 bits per heavy atom. The van der Waals surface area contributed by atoms with E-state index >= 15 is 4.39 Å². The third-order valence-electron chi connectivity index (χ3n) is 7.12.